The van der Waals surface area contributed by atoms with Crippen molar-refractivity contribution in [2.45, 2.75) is 6.18 Å². The van der Waals surface area contributed by atoms with Crippen LogP contribution in [-0.2, 0) is 6.18 Å². The molecule has 78 valence electrons. The summed E-state index contributed by atoms with van der Waals surface area (Å²) in [6, 6.07) is 2.69. The molecule has 7 heteroatoms. The van der Waals surface area contributed by atoms with Crippen molar-refractivity contribution >= 4 is 40.8 Å². The van der Waals surface area contributed by atoms with E-state index in [2.05, 4.69) is 0 Å². The minimum Gasteiger partial charge on any atom is -0.192 e. The van der Waals surface area contributed by atoms with E-state index in [9.17, 15) is 13.2 Å². The highest BCUT2D eigenvalue weighted by molar-refractivity contribution is 6.51. The summed E-state index contributed by atoms with van der Waals surface area (Å²) in [5.41, 5.74) is -0.746. The molecule has 1 aromatic rings. The largest absolute Gasteiger partial charge is 0.416 e. The van der Waals surface area contributed by atoms with Gasteiger partial charge in [0.2, 0.25) is 0 Å². The van der Waals surface area contributed by atoms with E-state index in [-0.39, 0.29) is 10.7 Å². The zero-order valence-corrected chi connectivity index (χ0v) is 8.71. The number of hydrogen-bond acceptors (Lipinski definition) is 1. The fourth-order valence-electron chi connectivity index (χ4n) is 0.820. The molecule has 0 amide bonds. The molecule has 14 heavy (non-hydrogen) atoms. The molecule has 0 heterocycles. The molecule has 0 aromatic heterocycles. The summed E-state index contributed by atoms with van der Waals surface area (Å²) in [4.78, 5) is 0. The molecule has 0 saturated carbocycles. The highest BCUT2D eigenvalue weighted by Crippen LogP contribution is 2.36. The van der Waals surface area contributed by atoms with Crippen molar-refractivity contribution in [2.75, 3.05) is 3.94 Å². The van der Waals surface area contributed by atoms with Gasteiger partial charge in [0.15, 0.2) is 0 Å². The summed E-state index contributed by atoms with van der Waals surface area (Å²) < 4.78 is 37.1. The van der Waals surface area contributed by atoms with Crippen LogP contribution < -0.4 is 3.94 Å². The molecule has 1 rings (SSSR count). The van der Waals surface area contributed by atoms with Crippen molar-refractivity contribution < 1.29 is 13.2 Å². The molecule has 0 unspecified atom stereocenters. The summed E-state index contributed by atoms with van der Waals surface area (Å²) in [7, 11) is 0. The number of nitrogens with zero attached hydrogens (tertiary/aromatic N) is 1. The van der Waals surface area contributed by atoms with Crippen LogP contribution >= 0.6 is 35.2 Å². The van der Waals surface area contributed by atoms with Gasteiger partial charge in [-0.2, -0.15) is 17.1 Å². The van der Waals surface area contributed by atoms with Gasteiger partial charge in [-0.3, -0.25) is 0 Å². The van der Waals surface area contributed by atoms with Crippen LogP contribution in [0.5, 0.6) is 0 Å². The van der Waals surface area contributed by atoms with Gasteiger partial charge in [-0.05, 0) is 18.2 Å². The average Bonchev–Trinajstić information content (AvgIpc) is 2.01. The van der Waals surface area contributed by atoms with Gasteiger partial charge in [0.25, 0.3) is 0 Å². The quantitative estimate of drug-likeness (QED) is 0.676. The summed E-state index contributed by atoms with van der Waals surface area (Å²) in [6.07, 6.45) is -4.42. The molecule has 0 aliphatic heterocycles. The van der Waals surface area contributed by atoms with Crippen LogP contribution in [0.15, 0.2) is 18.2 Å². The Hall–Kier alpha value is -0.320. The van der Waals surface area contributed by atoms with Crippen molar-refractivity contribution in [3.05, 3.63) is 28.8 Å². The van der Waals surface area contributed by atoms with E-state index in [1.165, 1.54) is 0 Å². The Kier molecular flexibility index (Phi) is 3.40. The second-order valence-corrected chi connectivity index (χ2v) is 3.65. The summed E-state index contributed by atoms with van der Waals surface area (Å²) >= 11 is 16.1. The lowest BCUT2D eigenvalue weighted by Crippen LogP contribution is -2.05. The van der Waals surface area contributed by atoms with E-state index in [0.717, 1.165) is 18.2 Å². The lowest BCUT2D eigenvalue weighted by atomic mass is 10.2. The molecular formula is C7H3Cl3F3N. The maximum atomic E-state index is 12.2. The Bertz CT molecular complexity index is 337. The first-order valence-electron chi connectivity index (χ1n) is 3.31. The lowest BCUT2D eigenvalue weighted by molar-refractivity contribution is -0.137. The maximum Gasteiger partial charge on any atom is 0.416 e. The van der Waals surface area contributed by atoms with Crippen LogP contribution in [0.25, 0.3) is 0 Å². The van der Waals surface area contributed by atoms with Crippen molar-refractivity contribution in [1.82, 2.24) is 0 Å². The van der Waals surface area contributed by atoms with Crippen LogP contribution in [-0.4, -0.2) is 0 Å². The molecule has 0 spiro atoms. The third-order valence-electron chi connectivity index (χ3n) is 1.46. The molecule has 0 N–H and O–H groups in total. The topological polar surface area (TPSA) is 3.24 Å². The van der Waals surface area contributed by atoms with Crippen molar-refractivity contribution in [1.29, 1.82) is 0 Å². The van der Waals surface area contributed by atoms with Gasteiger partial charge in [-0.1, -0.05) is 11.6 Å². The first kappa shape index (κ1) is 11.8. The highest BCUT2D eigenvalue weighted by atomic mass is 35.5. The van der Waals surface area contributed by atoms with E-state index in [1.807, 2.05) is 0 Å². The lowest BCUT2D eigenvalue weighted by Gasteiger charge is -2.11. The van der Waals surface area contributed by atoms with E-state index in [1.54, 1.807) is 0 Å². The van der Waals surface area contributed by atoms with Gasteiger partial charge in [-0.25, -0.2) is 0 Å². The van der Waals surface area contributed by atoms with Crippen LogP contribution in [0.1, 0.15) is 5.56 Å². The maximum absolute atomic E-state index is 12.2. The van der Waals surface area contributed by atoms with Gasteiger partial charge < -0.3 is 0 Å². The number of alkyl halides is 3. The number of rotatable bonds is 1. The van der Waals surface area contributed by atoms with E-state index < -0.39 is 11.7 Å². The monoisotopic (exact) mass is 263 g/mol. The van der Waals surface area contributed by atoms with Gasteiger partial charge in [0.05, 0.1) is 16.3 Å². The Morgan fingerprint density at radius 1 is 1.14 bits per heavy atom. The Morgan fingerprint density at radius 2 is 1.71 bits per heavy atom. The summed E-state index contributed by atoms with van der Waals surface area (Å²) in [6.45, 7) is 0. The predicted octanol–water partition coefficient (Wildman–Crippen LogP) is 4.47. The predicted molar refractivity (Wildman–Crippen MR) is 50.6 cm³/mol. The van der Waals surface area contributed by atoms with Crippen molar-refractivity contribution in [3.63, 3.8) is 0 Å². The molecule has 0 saturated heterocycles. The van der Waals surface area contributed by atoms with Crippen molar-refractivity contribution in [2.24, 2.45) is 0 Å². The number of benzene rings is 1. The molecule has 0 aliphatic carbocycles. The summed E-state index contributed by atoms with van der Waals surface area (Å²) in [5.74, 6) is 0. The molecule has 0 fully saturated rings. The molecular weight excluding hydrogens is 261 g/mol. The second kappa shape index (κ2) is 4.04. The van der Waals surface area contributed by atoms with Gasteiger partial charge in [-0.15, -0.1) is 0 Å². The smallest absolute Gasteiger partial charge is 0.192 e. The average molecular weight is 264 g/mol. The third-order valence-corrected chi connectivity index (χ3v) is 2.12. The third kappa shape index (κ3) is 2.59. The fraction of sp³-hybridized carbons (Fsp3) is 0.143. The zero-order chi connectivity index (χ0) is 10.9. The molecule has 0 aliphatic rings. The number of anilines is 1. The molecule has 0 radical (unpaired) electrons. The fourth-order valence-corrected chi connectivity index (χ4v) is 1.47. The molecule has 0 bridgehead atoms. The van der Waals surface area contributed by atoms with Gasteiger partial charge >= 0.3 is 6.18 Å². The number of halogens is 6. The van der Waals surface area contributed by atoms with E-state index in [0.29, 0.717) is 3.94 Å². The Morgan fingerprint density at radius 3 is 2.07 bits per heavy atom. The van der Waals surface area contributed by atoms with Gasteiger partial charge in [0.1, 0.15) is 0 Å². The molecule has 1 aromatic carbocycles. The minimum atomic E-state index is -4.42. The first-order valence-corrected chi connectivity index (χ1v) is 4.36. The van der Waals surface area contributed by atoms with E-state index >= 15 is 0 Å². The van der Waals surface area contributed by atoms with E-state index in [4.69, 9.17) is 35.2 Å². The number of hydrogen-bond donors (Lipinski definition) is 0. The standard InChI is InChI=1S/C7H3Cl3F3N/c8-5-3-4(7(11,12)13)1-2-6(5)14(9)10/h1-3H. The highest BCUT2D eigenvalue weighted by Gasteiger charge is 2.31. The van der Waals surface area contributed by atoms with Crippen LogP contribution in [0.4, 0.5) is 18.9 Å². The SMILES string of the molecule is FC(F)(F)c1ccc(N(Cl)Cl)c(Cl)c1. The van der Waals surface area contributed by atoms with Crippen LogP contribution in [0.3, 0.4) is 0 Å². The summed E-state index contributed by atoms with van der Waals surface area (Å²) in [5, 5.41) is -0.162. The first-order chi connectivity index (χ1) is 6.32. The molecule has 0 atom stereocenters. The molecule has 1 nitrogen and oxygen atoms in total. The van der Waals surface area contributed by atoms with Crippen molar-refractivity contribution in [3.8, 4) is 0 Å². The zero-order valence-electron chi connectivity index (χ0n) is 6.45. The van der Waals surface area contributed by atoms with Crippen LogP contribution in [0, 0.1) is 0 Å². The van der Waals surface area contributed by atoms with Gasteiger partial charge in [0, 0.05) is 23.6 Å². The Labute approximate surface area is 93.2 Å². The van der Waals surface area contributed by atoms with Crippen LogP contribution in [0.2, 0.25) is 5.02 Å². The normalized spacial score (nSPS) is 11.6. The minimum absolute atomic E-state index is 0.100. The Balaban J connectivity index is 3.13. The second-order valence-electron chi connectivity index (χ2n) is 2.40.